The fraction of sp³-hybridized carbons (Fsp3) is 0.407. The number of para-hydroxylation sites is 2. The molecule has 36 heavy (non-hydrogen) atoms. The zero-order chi connectivity index (χ0) is 26.3. The van der Waals surface area contributed by atoms with E-state index in [1.807, 2.05) is 19.2 Å². The number of amides is 2. The summed E-state index contributed by atoms with van der Waals surface area (Å²) in [7, 11) is 1.98. The summed E-state index contributed by atoms with van der Waals surface area (Å²) in [5, 5.41) is 5.42. The predicted octanol–water partition coefficient (Wildman–Crippen LogP) is 4.29. The molecular weight excluding hydrogens is 460 g/mol. The molecule has 2 atom stereocenters. The summed E-state index contributed by atoms with van der Waals surface area (Å²) in [5.74, 6) is -0.846. The number of likely N-dealkylation sites (tertiary alicyclic amines) is 1. The minimum atomic E-state index is -0.637. The Morgan fingerprint density at radius 1 is 1.08 bits per heavy atom. The van der Waals surface area contributed by atoms with Crippen LogP contribution < -0.4 is 10.6 Å². The molecule has 0 bridgehead atoms. The molecule has 9 nitrogen and oxygen atoms in total. The van der Waals surface area contributed by atoms with Crippen LogP contribution in [-0.4, -0.2) is 60.2 Å². The van der Waals surface area contributed by atoms with E-state index in [9.17, 15) is 14.4 Å². The number of carbonyl (C=O) groups is 3. The Hall–Kier alpha value is -3.72. The standard InChI is InChI=1S/C27H34N4O5/c1-6-35-25(33)20-17-31(5)16-19(20)21-13-11-18(15-28-21)12-14-24(32)29-22-9-7-8-10-23(22)30-26(34)36-27(2,3)4/h7-15,19-20H,6,16-17H2,1-5H3,(H,29,32)(H,30,34)/b14-12+. The second-order valence-electron chi connectivity index (χ2n) is 9.70. The van der Waals surface area contributed by atoms with Crippen LogP contribution in [0.2, 0.25) is 0 Å². The number of carbonyl (C=O) groups excluding carboxylic acids is 3. The Morgan fingerprint density at radius 3 is 2.39 bits per heavy atom. The second kappa shape index (κ2) is 11.8. The van der Waals surface area contributed by atoms with Gasteiger partial charge in [-0.05, 0) is 64.6 Å². The van der Waals surface area contributed by atoms with Crippen LogP contribution in [0.3, 0.4) is 0 Å². The molecule has 1 aromatic carbocycles. The van der Waals surface area contributed by atoms with Gasteiger partial charge in [0.1, 0.15) is 5.60 Å². The first-order chi connectivity index (χ1) is 17.1. The minimum absolute atomic E-state index is 0.0376. The molecule has 9 heteroatoms. The average Bonchev–Trinajstić information content (AvgIpc) is 3.20. The van der Waals surface area contributed by atoms with Gasteiger partial charge >= 0.3 is 12.1 Å². The largest absolute Gasteiger partial charge is 0.466 e. The molecule has 2 N–H and O–H groups in total. The summed E-state index contributed by atoms with van der Waals surface area (Å²) < 4.78 is 10.5. The fourth-order valence-corrected chi connectivity index (χ4v) is 3.98. The molecule has 2 unspecified atom stereocenters. The van der Waals surface area contributed by atoms with E-state index in [-0.39, 0.29) is 23.7 Å². The zero-order valence-electron chi connectivity index (χ0n) is 21.4. The van der Waals surface area contributed by atoms with Crippen molar-refractivity contribution in [3.05, 3.63) is 59.9 Å². The first-order valence-electron chi connectivity index (χ1n) is 11.9. The third kappa shape index (κ3) is 7.64. The van der Waals surface area contributed by atoms with Crippen molar-refractivity contribution in [2.45, 2.75) is 39.2 Å². The van der Waals surface area contributed by atoms with Gasteiger partial charge in [0.05, 0.1) is 23.9 Å². The molecule has 3 rings (SSSR count). The molecule has 2 heterocycles. The van der Waals surface area contributed by atoms with Crippen molar-refractivity contribution in [2.75, 3.05) is 37.4 Å². The van der Waals surface area contributed by atoms with Crippen molar-refractivity contribution in [1.82, 2.24) is 9.88 Å². The van der Waals surface area contributed by atoms with E-state index >= 15 is 0 Å². The molecule has 0 aliphatic carbocycles. The summed E-state index contributed by atoms with van der Waals surface area (Å²) in [6, 6.07) is 10.6. The highest BCUT2D eigenvalue weighted by Gasteiger charge is 2.38. The van der Waals surface area contributed by atoms with Gasteiger partial charge in [0.2, 0.25) is 5.91 Å². The number of ether oxygens (including phenoxy) is 2. The Morgan fingerprint density at radius 2 is 1.78 bits per heavy atom. The van der Waals surface area contributed by atoms with Gasteiger partial charge in [-0.1, -0.05) is 18.2 Å². The van der Waals surface area contributed by atoms with E-state index in [0.717, 1.165) is 17.8 Å². The smallest absolute Gasteiger partial charge is 0.412 e. The summed E-state index contributed by atoms with van der Waals surface area (Å²) in [4.78, 5) is 43.6. The predicted molar refractivity (Wildman–Crippen MR) is 139 cm³/mol. The Balaban J connectivity index is 1.63. The van der Waals surface area contributed by atoms with Gasteiger partial charge in [0.15, 0.2) is 0 Å². The van der Waals surface area contributed by atoms with E-state index < -0.39 is 11.7 Å². The van der Waals surface area contributed by atoms with Gasteiger partial charge < -0.3 is 19.7 Å². The number of nitrogens with zero attached hydrogens (tertiary/aromatic N) is 2. The number of aromatic nitrogens is 1. The number of esters is 1. The number of likely N-dealkylation sites (N-methyl/N-ethyl adjacent to an activating group) is 1. The van der Waals surface area contributed by atoms with Crippen LogP contribution in [0.4, 0.5) is 16.2 Å². The number of nitrogens with one attached hydrogen (secondary N) is 2. The lowest BCUT2D eigenvalue weighted by molar-refractivity contribution is -0.148. The van der Waals surface area contributed by atoms with E-state index in [1.54, 1.807) is 64.2 Å². The molecule has 1 saturated heterocycles. The number of benzene rings is 1. The summed E-state index contributed by atoms with van der Waals surface area (Å²) in [6.07, 6.45) is 4.12. The molecule has 192 valence electrons. The number of pyridine rings is 1. The fourth-order valence-electron chi connectivity index (χ4n) is 3.98. The highest BCUT2D eigenvalue weighted by molar-refractivity contribution is 6.04. The highest BCUT2D eigenvalue weighted by atomic mass is 16.6. The van der Waals surface area contributed by atoms with Crippen molar-refractivity contribution in [3.8, 4) is 0 Å². The number of rotatable bonds is 7. The van der Waals surface area contributed by atoms with Gasteiger partial charge in [-0.2, -0.15) is 0 Å². The molecular formula is C27H34N4O5. The van der Waals surface area contributed by atoms with Crippen molar-refractivity contribution in [2.24, 2.45) is 5.92 Å². The molecule has 0 spiro atoms. The van der Waals surface area contributed by atoms with E-state index in [4.69, 9.17) is 9.47 Å². The maximum atomic E-state index is 12.5. The molecule has 2 aromatic rings. The second-order valence-corrected chi connectivity index (χ2v) is 9.70. The molecule has 0 saturated carbocycles. The highest BCUT2D eigenvalue weighted by Crippen LogP contribution is 2.32. The van der Waals surface area contributed by atoms with Crippen LogP contribution >= 0.6 is 0 Å². The first-order valence-corrected chi connectivity index (χ1v) is 11.9. The van der Waals surface area contributed by atoms with Crippen LogP contribution in [0.1, 0.15) is 44.9 Å². The van der Waals surface area contributed by atoms with Crippen LogP contribution in [0.15, 0.2) is 48.7 Å². The zero-order valence-corrected chi connectivity index (χ0v) is 21.4. The molecule has 1 aliphatic heterocycles. The maximum absolute atomic E-state index is 12.5. The normalized spacial score (nSPS) is 18.1. The van der Waals surface area contributed by atoms with Gasteiger partial charge in [-0.15, -0.1) is 0 Å². The first kappa shape index (κ1) is 26.9. The molecule has 1 fully saturated rings. The number of hydrogen-bond donors (Lipinski definition) is 2. The number of anilines is 2. The lowest BCUT2D eigenvalue weighted by Gasteiger charge is -2.20. The average molecular weight is 495 g/mol. The maximum Gasteiger partial charge on any atom is 0.412 e. The summed E-state index contributed by atoms with van der Waals surface area (Å²) >= 11 is 0. The van der Waals surface area contributed by atoms with Crippen LogP contribution in [0, 0.1) is 5.92 Å². The van der Waals surface area contributed by atoms with E-state index in [2.05, 4.69) is 20.5 Å². The van der Waals surface area contributed by atoms with Crippen molar-refractivity contribution in [3.63, 3.8) is 0 Å². The molecule has 1 aromatic heterocycles. The van der Waals surface area contributed by atoms with Gasteiger partial charge in [-0.25, -0.2) is 4.79 Å². The van der Waals surface area contributed by atoms with Crippen LogP contribution in [0.25, 0.3) is 6.08 Å². The molecule has 2 amide bonds. The lowest BCUT2D eigenvalue weighted by Crippen LogP contribution is -2.27. The third-order valence-corrected chi connectivity index (χ3v) is 5.53. The minimum Gasteiger partial charge on any atom is -0.466 e. The summed E-state index contributed by atoms with van der Waals surface area (Å²) in [5.41, 5.74) is 1.80. The van der Waals surface area contributed by atoms with Crippen molar-refractivity contribution >= 4 is 35.4 Å². The van der Waals surface area contributed by atoms with Crippen LogP contribution in [0.5, 0.6) is 0 Å². The molecule has 1 aliphatic rings. The van der Waals surface area contributed by atoms with E-state index in [1.165, 1.54) is 6.08 Å². The van der Waals surface area contributed by atoms with Crippen molar-refractivity contribution < 1.29 is 23.9 Å². The third-order valence-electron chi connectivity index (χ3n) is 5.53. The summed E-state index contributed by atoms with van der Waals surface area (Å²) in [6.45, 7) is 8.85. The molecule has 0 radical (unpaired) electrons. The van der Waals surface area contributed by atoms with E-state index in [0.29, 0.717) is 24.5 Å². The van der Waals surface area contributed by atoms with Gasteiger partial charge in [0, 0.05) is 37.0 Å². The Labute approximate surface area is 211 Å². The van der Waals surface area contributed by atoms with Crippen LogP contribution in [-0.2, 0) is 19.1 Å². The lowest BCUT2D eigenvalue weighted by atomic mass is 9.92. The SMILES string of the molecule is CCOC(=O)C1CN(C)CC1c1ccc(/C=C/C(=O)Nc2ccccc2NC(=O)OC(C)(C)C)cn1. The Kier molecular flexibility index (Phi) is 8.82. The monoisotopic (exact) mass is 494 g/mol. The quantitative estimate of drug-likeness (QED) is 0.436. The van der Waals surface area contributed by atoms with Gasteiger partial charge in [-0.3, -0.25) is 19.9 Å². The Bertz CT molecular complexity index is 1110. The topological polar surface area (TPSA) is 110 Å². The van der Waals surface area contributed by atoms with Crippen molar-refractivity contribution in [1.29, 1.82) is 0 Å². The van der Waals surface area contributed by atoms with Gasteiger partial charge in [0.25, 0.3) is 0 Å². The number of hydrogen-bond acceptors (Lipinski definition) is 7.